The molecule has 0 radical (unpaired) electrons. The number of aromatic nitrogens is 1. The highest BCUT2D eigenvalue weighted by Gasteiger charge is 2.39. The number of thiazole rings is 1. The first-order valence-electron chi connectivity index (χ1n) is 6.49. The van der Waals surface area contributed by atoms with E-state index in [9.17, 15) is 9.59 Å². The van der Waals surface area contributed by atoms with Crippen LogP contribution in [0, 0.1) is 0 Å². The molecule has 1 aliphatic rings. The number of nitrogens with one attached hydrogen (secondary N) is 1. The highest BCUT2D eigenvalue weighted by atomic mass is 32.1. The summed E-state index contributed by atoms with van der Waals surface area (Å²) in [7, 11) is 0. The predicted octanol–water partition coefficient (Wildman–Crippen LogP) is 1.37. The lowest BCUT2D eigenvalue weighted by Crippen LogP contribution is -2.42. The van der Waals surface area contributed by atoms with Gasteiger partial charge in [0.15, 0.2) is 0 Å². The van der Waals surface area contributed by atoms with Crippen LogP contribution in [0.3, 0.4) is 0 Å². The summed E-state index contributed by atoms with van der Waals surface area (Å²) in [4.78, 5) is 29.5. The third kappa shape index (κ3) is 3.01. The van der Waals surface area contributed by atoms with Crippen molar-refractivity contribution in [2.75, 3.05) is 6.54 Å². The number of carbonyl (C=O) groups excluding carboxylic acids is 2. The molecule has 0 aromatic carbocycles. The molecule has 6 heteroatoms. The lowest BCUT2D eigenvalue weighted by molar-refractivity contribution is -0.140. The van der Waals surface area contributed by atoms with Gasteiger partial charge in [0.25, 0.3) is 0 Å². The lowest BCUT2D eigenvalue weighted by atomic mass is 10.1. The number of likely N-dealkylation sites (tertiary alicyclic amines) is 1. The maximum Gasteiger partial charge on any atom is 0.247 e. The van der Waals surface area contributed by atoms with Crippen molar-refractivity contribution < 1.29 is 9.59 Å². The first kappa shape index (κ1) is 14.1. The zero-order valence-corrected chi connectivity index (χ0v) is 12.2. The molecule has 5 nitrogen and oxygen atoms in total. The normalized spacial score (nSPS) is 21.5. The molecular formula is C13H19N3O2S. The standard InChI is InChI=1S/C13H19N3O2S/c1-8(2)16-11(17)6-10(13(16)18)15-7-9(3)12-14-4-5-19-12/h4-5,8-10,15H,6-7H2,1-3H3. The van der Waals surface area contributed by atoms with E-state index in [0.717, 1.165) is 5.01 Å². The maximum absolute atomic E-state index is 12.1. The number of imide groups is 1. The summed E-state index contributed by atoms with van der Waals surface area (Å²) in [5.41, 5.74) is 0. The maximum atomic E-state index is 12.1. The first-order chi connectivity index (χ1) is 9.00. The van der Waals surface area contributed by atoms with Gasteiger partial charge in [-0.3, -0.25) is 14.5 Å². The van der Waals surface area contributed by atoms with Crippen LogP contribution < -0.4 is 5.32 Å². The molecule has 2 rings (SSSR count). The number of amides is 2. The topological polar surface area (TPSA) is 62.3 Å². The first-order valence-corrected chi connectivity index (χ1v) is 7.37. The Kier molecular flexibility index (Phi) is 4.31. The summed E-state index contributed by atoms with van der Waals surface area (Å²) >= 11 is 1.61. The van der Waals surface area contributed by atoms with E-state index in [0.29, 0.717) is 6.54 Å². The number of hydrogen-bond donors (Lipinski definition) is 1. The minimum Gasteiger partial charge on any atom is -0.305 e. The molecule has 2 amide bonds. The molecule has 1 aromatic rings. The molecule has 0 aliphatic carbocycles. The minimum absolute atomic E-state index is 0.0665. The predicted molar refractivity (Wildman–Crippen MR) is 73.9 cm³/mol. The van der Waals surface area contributed by atoms with Gasteiger partial charge in [0.1, 0.15) is 0 Å². The van der Waals surface area contributed by atoms with Crippen molar-refractivity contribution in [2.24, 2.45) is 0 Å². The molecule has 0 saturated carbocycles. The van der Waals surface area contributed by atoms with E-state index >= 15 is 0 Å². The molecule has 1 aliphatic heterocycles. The Morgan fingerprint density at radius 2 is 2.21 bits per heavy atom. The second-order valence-electron chi connectivity index (χ2n) is 5.13. The Balaban J connectivity index is 1.91. The van der Waals surface area contributed by atoms with Gasteiger partial charge in [-0.25, -0.2) is 4.98 Å². The molecule has 1 aromatic heterocycles. The highest BCUT2D eigenvalue weighted by molar-refractivity contribution is 7.09. The van der Waals surface area contributed by atoms with Crippen LogP contribution in [0.2, 0.25) is 0 Å². The van der Waals surface area contributed by atoms with Gasteiger partial charge in [0, 0.05) is 30.1 Å². The Morgan fingerprint density at radius 3 is 2.74 bits per heavy atom. The van der Waals surface area contributed by atoms with E-state index in [1.165, 1.54) is 4.90 Å². The van der Waals surface area contributed by atoms with Crippen LogP contribution in [-0.2, 0) is 9.59 Å². The third-order valence-electron chi connectivity index (χ3n) is 3.24. The monoisotopic (exact) mass is 281 g/mol. The molecule has 1 fully saturated rings. The van der Waals surface area contributed by atoms with Crippen LogP contribution in [0.25, 0.3) is 0 Å². The van der Waals surface area contributed by atoms with Crippen LogP contribution in [-0.4, -0.2) is 40.3 Å². The fourth-order valence-corrected chi connectivity index (χ4v) is 2.94. The highest BCUT2D eigenvalue weighted by Crippen LogP contribution is 2.19. The van der Waals surface area contributed by atoms with Crippen molar-refractivity contribution in [3.63, 3.8) is 0 Å². The van der Waals surface area contributed by atoms with Crippen molar-refractivity contribution in [3.05, 3.63) is 16.6 Å². The largest absolute Gasteiger partial charge is 0.305 e. The van der Waals surface area contributed by atoms with Gasteiger partial charge in [0.05, 0.1) is 17.5 Å². The molecule has 0 bridgehead atoms. The number of carbonyl (C=O) groups is 2. The smallest absolute Gasteiger partial charge is 0.247 e. The van der Waals surface area contributed by atoms with Gasteiger partial charge >= 0.3 is 0 Å². The van der Waals surface area contributed by atoms with Crippen LogP contribution >= 0.6 is 11.3 Å². The summed E-state index contributed by atoms with van der Waals surface area (Å²) in [5.74, 6) is 0.0572. The van der Waals surface area contributed by atoms with Gasteiger partial charge in [-0.2, -0.15) is 0 Å². The van der Waals surface area contributed by atoms with Crippen LogP contribution in [0.5, 0.6) is 0 Å². The minimum atomic E-state index is -0.377. The van der Waals surface area contributed by atoms with Crippen molar-refractivity contribution in [3.8, 4) is 0 Å². The molecule has 0 spiro atoms. The molecule has 1 saturated heterocycles. The number of nitrogens with zero attached hydrogens (tertiary/aromatic N) is 2. The van der Waals surface area contributed by atoms with E-state index in [4.69, 9.17) is 0 Å². The summed E-state index contributed by atoms with van der Waals surface area (Å²) in [6, 6.07) is -0.444. The van der Waals surface area contributed by atoms with Gasteiger partial charge in [-0.15, -0.1) is 11.3 Å². The lowest BCUT2D eigenvalue weighted by Gasteiger charge is -2.19. The second-order valence-corrected chi connectivity index (χ2v) is 6.06. The Labute approximate surface area is 117 Å². The molecule has 1 N–H and O–H groups in total. The zero-order chi connectivity index (χ0) is 14.0. The summed E-state index contributed by atoms with van der Waals surface area (Å²) < 4.78 is 0. The Bertz CT molecular complexity index is 458. The molecule has 2 atom stereocenters. The van der Waals surface area contributed by atoms with Gasteiger partial charge in [-0.05, 0) is 13.8 Å². The van der Waals surface area contributed by atoms with E-state index in [2.05, 4.69) is 17.2 Å². The van der Waals surface area contributed by atoms with Gasteiger partial charge in [-0.1, -0.05) is 6.92 Å². The Morgan fingerprint density at radius 1 is 1.47 bits per heavy atom. The van der Waals surface area contributed by atoms with E-state index in [1.807, 2.05) is 19.2 Å². The summed E-state index contributed by atoms with van der Waals surface area (Å²) in [5, 5.41) is 6.18. The van der Waals surface area contributed by atoms with Crippen LogP contribution in [0.15, 0.2) is 11.6 Å². The van der Waals surface area contributed by atoms with Gasteiger partial charge in [0.2, 0.25) is 11.8 Å². The molecule has 104 valence electrons. The van der Waals surface area contributed by atoms with E-state index in [1.54, 1.807) is 17.5 Å². The molecule has 2 unspecified atom stereocenters. The molecule has 2 heterocycles. The van der Waals surface area contributed by atoms with E-state index < -0.39 is 0 Å². The average Bonchev–Trinajstić information content (AvgIpc) is 2.94. The van der Waals surface area contributed by atoms with Crippen molar-refractivity contribution in [1.29, 1.82) is 0 Å². The number of rotatable bonds is 5. The van der Waals surface area contributed by atoms with Crippen molar-refractivity contribution >= 4 is 23.2 Å². The zero-order valence-electron chi connectivity index (χ0n) is 11.4. The van der Waals surface area contributed by atoms with Gasteiger partial charge < -0.3 is 5.32 Å². The summed E-state index contributed by atoms with van der Waals surface area (Å²) in [6.07, 6.45) is 2.04. The molecular weight excluding hydrogens is 262 g/mol. The SMILES string of the molecule is CC(CNC1CC(=O)N(C(C)C)C1=O)c1nccs1. The summed E-state index contributed by atoms with van der Waals surface area (Å²) in [6.45, 7) is 6.43. The third-order valence-corrected chi connectivity index (χ3v) is 4.25. The van der Waals surface area contributed by atoms with Crippen LogP contribution in [0.4, 0.5) is 0 Å². The van der Waals surface area contributed by atoms with Crippen molar-refractivity contribution in [2.45, 2.75) is 45.2 Å². The van der Waals surface area contributed by atoms with Crippen LogP contribution in [0.1, 0.15) is 38.1 Å². The second kappa shape index (κ2) is 5.79. The molecule has 19 heavy (non-hydrogen) atoms. The Hall–Kier alpha value is -1.27. The van der Waals surface area contributed by atoms with E-state index in [-0.39, 0.29) is 36.2 Å². The average molecular weight is 281 g/mol. The fourth-order valence-electron chi connectivity index (χ4n) is 2.24. The quantitative estimate of drug-likeness (QED) is 0.828. The fraction of sp³-hybridized carbons (Fsp3) is 0.615. The number of hydrogen-bond acceptors (Lipinski definition) is 5. The van der Waals surface area contributed by atoms with Crippen molar-refractivity contribution in [1.82, 2.24) is 15.2 Å².